The molecule has 120 valence electrons. The highest BCUT2D eigenvalue weighted by Gasteiger charge is 2.21. The van der Waals surface area contributed by atoms with Crippen LogP contribution in [-0.4, -0.2) is 33.9 Å². The molecule has 2 aromatic carbocycles. The van der Waals surface area contributed by atoms with Crippen LogP contribution >= 0.6 is 0 Å². The Hall–Kier alpha value is -3.22. The van der Waals surface area contributed by atoms with E-state index < -0.39 is 24.4 Å². The lowest BCUT2D eigenvalue weighted by molar-refractivity contribution is -0.135. The van der Waals surface area contributed by atoms with Gasteiger partial charge in [0.05, 0.1) is 5.69 Å². The molecule has 7 heteroatoms. The van der Waals surface area contributed by atoms with E-state index in [1.165, 1.54) is 6.07 Å². The summed E-state index contributed by atoms with van der Waals surface area (Å²) in [5, 5.41) is 27.7. The zero-order chi connectivity index (χ0) is 16.8. The fourth-order valence-electron chi connectivity index (χ4n) is 1.87. The Morgan fingerprint density at radius 1 is 1.00 bits per heavy atom. The first-order valence-electron chi connectivity index (χ1n) is 6.69. The van der Waals surface area contributed by atoms with E-state index in [0.717, 1.165) is 22.6 Å². The number of benzene rings is 2. The minimum atomic E-state index is -1.24. The fraction of sp³-hybridized carbons (Fsp3) is 0.125. The number of ether oxygens (including phenoxy) is 1. The van der Waals surface area contributed by atoms with Gasteiger partial charge < -0.3 is 20.1 Å². The standard InChI is InChI=1S/C16H15NO6/c18-13-7-6-12(8-14(13)19)17(9-15(20)21)16(22)23-10-11-4-2-1-3-5-11/h1-8,18-19H,9-10H2,(H,20,21). The maximum absolute atomic E-state index is 12.1. The number of phenols is 2. The van der Waals surface area contributed by atoms with Crippen LogP contribution in [0.4, 0.5) is 10.5 Å². The number of hydrogen-bond acceptors (Lipinski definition) is 5. The van der Waals surface area contributed by atoms with Crippen molar-refractivity contribution in [1.29, 1.82) is 0 Å². The van der Waals surface area contributed by atoms with Crippen LogP contribution in [0.5, 0.6) is 11.5 Å². The number of carbonyl (C=O) groups excluding carboxylic acids is 1. The Morgan fingerprint density at radius 3 is 2.30 bits per heavy atom. The number of aliphatic carboxylic acids is 1. The van der Waals surface area contributed by atoms with Gasteiger partial charge in [0.25, 0.3) is 0 Å². The molecule has 0 saturated carbocycles. The Bertz CT molecular complexity index is 701. The lowest BCUT2D eigenvalue weighted by atomic mass is 10.2. The molecule has 3 N–H and O–H groups in total. The zero-order valence-electron chi connectivity index (χ0n) is 12.0. The summed E-state index contributed by atoms with van der Waals surface area (Å²) in [5.74, 6) is -2.08. The van der Waals surface area contributed by atoms with Gasteiger partial charge in [-0.25, -0.2) is 4.79 Å². The van der Waals surface area contributed by atoms with Gasteiger partial charge in [-0.1, -0.05) is 30.3 Å². The molecule has 0 aliphatic rings. The molecule has 1 amide bonds. The van der Waals surface area contributed by atoms with Crippen LogP contribution < -0.4 is 4.90 Å². The molecule has 0 bridgehead atoms. The van der Waals surface area contributed by atoms with Gasteiger partial charge in [0.15, 0.2) is 11.5 Å². The van der Waals surface area contributed by atoms with Crippen molar-refractivity contribution in [3.63, 3.8) is 0 Å². The molecule has 0 aliphatic carbocycles. The van der Waals surface area contributed by atoms with E-state index >= 15 is 0 Å². The van der Waals surface area contributed by atoms with Gasteiger partial charge in [0.2, 0.25) is 0 Å². The second-order valence-corrected chi connectivity index (χ2v) is 4.69. The maximum Gasteiger partial charge on any atom is 0.415 e. The van der Waals surface area contributed by atoms with Crippen molar-refractivity contribution in [1.82, 2.24) is 0 Å². The van der Waals surface area contributed by atoms with Gasteiger partial charge in [0.1, 0.15) is 13.2 Å². The monoisotopic (exact) mass is 317 g/mol. The van der Waals surface area contributed by atoms with Crippen molar-refractivity contribution in [2.24, 2.45) is 0 Å². The first-order chi connectivity index (χ1) is 11.0. The highest BCUT2D eigenvalue weighted by molar-refractivity contribution is 5.93. The van der Waals surface area contributed by atoms with E-state index in [1.807, 2.05) is 6.07 Å². The second kappa shape index (κ2) is 7.17. The van der Waals surface area contributed by atoms with Crippen LogP contribution in [0.25, 0.3) is 0 Å². The highest BCUT2D eigenvalue weighted by atomic mass is 16.6. The molecule has 0 fully saturated rings. The van der Waals surface area contributed by atoms with Crippen LogP contribution in [-0.2, 0) is 16.1 Å². The zero-order valence-corrected chi connectivity index (χ0v) is 12.0. The van der Waals surface area contributed by atoms with E-state index in [2.05, 4.69) is 0 Å². The molecule has 23 heavy (non-hydrogen) atoms. The summed E-state index contributed by atoms with van der Waals surface area (Å²) in [6.07, 6.45) is -0.874. The van der Waals surface area contributed by atoms with E-state index in [4.69, 9.17) is 9.84 Å². The Morgan fingerprint density at radius 2 is 1.70 bits per heavy atom. The SMILES string of the molecule is O=C(O)CN(C(=O)OCc1ccccc1)c1ccc(O)c(O)c1. The van der Waals surface area contributed by atoms with Crippen molar-refractivity contribution in [2.75, 3.05) is 11.4 Å². The normalized spacial score (nSPS) is 10.1. The first-order valence-corrected chi connectivity index (χ1v) is 6.69. The summed E-state index contributed by atoms with van der Waals surface area (Å²) in [7, 11) is 0. The second-order valence-electron chi connectivity index (χ2n) is 4.69. The van der Waals surface area contributed by atoms with Gasteiger partial charge in [-0.3, -0.25) is 9.69 Å². The molecule has 0 radical (unpaired) electrons. The summed E-state index contributed by atoms with van der Waals surface area (Å²) in [4.78, 5) is 23.9. The van der Waals surface area contributed by atoms with E-state index in [-0.39, 0.29) is 18.0 Å². The van der Waals surface area contributed by atoms with E-state index in [0.29, 0.717) is 0 Å². The van der Waals surface area contributed by atoms with Crippen LogP contribution in [0.3, 0.4) is 0 Å². The third-order valence-electron chi connectivity index (χ3n) is 2.99. The maximum atomic E-state index is 12.1. The number of carbonyl (C=O) groups is 2. The molecule has 7 nitrogen and oxygen atoms in total. The molecular formula is C16H15NO6. The molecule has 0 heterocycles. The number of carboxylic acids is 1. The Labute approximate surface area is 132 Å². The Balaban J connectivity index is 2.15. The van der Waals surface area contributed by atoms with Crippen molar-refractivity contribution in [3.8, 4) is 11.5 Å². The predicted molar refractivity (Wildman–Crippen MR) is 81.4 cm³/mol. The van der Waals surface area contributed by atoms with Crippen LogP contribution in [0.2, 0.25) is 0 Å². The van der Waals surface area contributed by atoms with Crippen molar-refractivity contribution < 1.29 is 29.6 Å². The van der Waals surface area contributed by atoms with Crippen LogP contribution in [0.1, 0.15) is 5.56 Å². The number of hydrogen-bond donors (Lipinski definition) is 3. The molecule has 2 aromatic rings. The lowest BCUT2D eigenvalue weighted by Crippen LogP contribution is -2.36. The van der Waals surface area contributed by atoms with Crippen molar-refractivity contribution in [3.05, 3.63) is 54.1 Å². The number of aromatic hydroxyl groups is 2. The summed E-state index contributed by atoms with van der Waals surface area (Å²) in [6.45, 7) is -0.655. The molecular weight excluding hydrogens is 302 g/mol. The van der Waals surface area contributed by atoms with Gasteiger partial charge >= 0.3 is 12.1 Å². The number of nitrogens with zero attached hydrogens (tertiary/aromatic N) is 1. The molecule has 2 rings (SSSR count). The molecule has 0 unspecified atom stereocenters. The smallest absolute Gasteiger partial charge is 0.415 e. The predicted octanol–water partition coefficient (Wildman–Crippen LogP) is 2.33. The third kappa shape index (κ3) is 4.37. The fourth-order valence-corrected chi connectivity index (χ4v) is 1.87. The third-order valence-corrected chi connectivity index (χ3v) is 2.99. The first kappa shape index (κ1) is 16.2. The number of anilines is 1. The highest BCUT2D eigenvalue weighted by Crippen LogP contribution is 2.29. The minimum absolute atomic E-state index is 0.0140. The molecule has 0 aromatic heterocycles. The quantitative estimate of drug-likeness (QED) is 0.731. The van der Waals surface area contributed by atoms with Gasteiger partial charge in [-0.05, 0) is 17.7 Å². The van der Waals surface area contributed by atoms with E-state index in [9.17, 15) is 19.8 Å². The molecule has 0 atom stereocenters. The average Bonchev–Trinajstić information content (AvgIpc) is 2.54. The molecule has 0 saturated heterocycles. The number of rotatable bonds is 5. The Kier molecular flexibility index (Phi) is 5.03. The summed E-state index contributed by atoms with van der Waals surface area (Å²) in [5.41, 5.74) is 0.852. The summed E-state index contributed by atoms with van der Waals surface area (Å²) >= 11 is 0. The van der Waals surface area contributed by atoms with E-state index in [1.54, 1.807) is 24.3 Å². The minimum Gasteiger partial charge on any atom is -0.504 e. The van der Waals surface area contributed by atoms with Gasteiger partial charge in [0, 0.05) is 6.07 Å². The largest absolute Gasteiger partial charge is 0.504 e. The summed E-state index contributed by atoms with van der Waals surface area (Å²) < 4.78 is 5.10. The average molecular weight is 317 g/mol. The van der Waals surface area contributed by atoms with Gasteiger partial charge in [-0.2, -0.15) is 0 Å². The van der Waals surface area contributed by atoms with Crippen molar-refractivity contribution >= 4 is 17.7 Å². The van der Waals surface area contributed by atoms with Crippen LogP contribution in [0, 0.1) is 0 Å². The molecule has 0 spiro atoms. The number of carboxylic acid groups (broad SMARTS) is 1. The summed E-state index contributed by atoms with van der Waals surface area (Å²) in [6, 6.07) is 12.5. The van der Waals surface area contributed by atoms with Crippen LogP contribution in [0.15, 0.2) is 48.5 Å². The topological polar surface area (TPSA) is 107 Å². The number of phenolic OH excluding ortho intramolecular Hbond substituents is 2. The van der Waals surface area contributed by atoms with Gasteiger partial charge in [-0.15, -0.1) is 0 Å². The van der Waals surface area contributed by atoms with Crippen molar-refractivity contribution in [2.45, 2.75) is 6.61 Å². The number of amides is 1. The molecule has 0 aliphatic heterocycles. The lowest BCUT2D eigenvalue weighted by Gasteiger charge is -2.20.